The van der Waals surface area contributed by atoms with Crippen molar-refractivity contribution in [3.05, 3.63) is 57.9 Å². The van der Waals surface area contributed by atoms with Crippen molar-refractivity contribution in [3.8, 4) is 5.75 Å². The number of allylic oxidation sites excluding steroid dienone is 1. The Hall–Kier alpha value is -2.80. The Morgan fingerprint density at radius 2 is 1.93 bits per heavy atom. The second kappa shape index (κ2) is 7.84. The molecular formula is C20H22N2O4S. The minimum Gasteiger partial charge on any atom is -0.497 e. The van der Waals surface area contributed by atoms with Crippen LogP contribution >= 0.6 is 11.3 Å². The minimum absolute atomic E-state index is 0.256. The fraction of sp³-hybridized carbons (Fsp3) is 0.300. The Kier molecular flexibility index (Phi) is 5.51. The molecule has 3 rings (SSSR count). The third kappa shape index (κ3) is 3.83. The number of benzene rings is 1. The van der Waals surface area contributed by atoms with Crippen LogP contribution in [0.15, 0.2) is 52.4 Å². The number of amides is 2. The largest absolute Gasteiger partial charge is 0.497 e. The molecule has 142 valence electrons. The molecule has 1 N–H and O–H groups in total. The van der Waals surface area contributed by atoms with Gasteiger partial charge in [0, 0.05) is 5.70 Å². The summed E-state index contributed by atoms with van der Waals surface area (Å²) >= 11 is 1.51. The predicted octanol–water partition coefficient (Wildman–Crippen LogP) is 4.25. The average molecular weight is 386 g/mol. The lowest BCUT2D eigenvalue weighted by molar-refractivity contribution is -0.143. The second-order valence-electron chi connectivity index (χ2n) is 6.43. The van der Waals surface area contributed by atoms with E-state index in [1.165, 1.54) is 16.2 Å². The van der Waals surface area contributed by atoms with Crippen LogP contribution in [0.25, 0.3) is 0 Å². The standard InChI is InChI=1S/C20H22N2O4S/c1-12(2)26-19(23)17-13(3)22(15-5-7-16(25-4)8-6-15)20(24)21-18(17)14-9-10-27-11-14/h5-12,18H,1-4H3,(H,21,24). The summed E-state index contributed by atoms with van der Waals surface area (Å²) in [6, 6.07) is 8.16. The summed E-state index contributed by atoms with van der Waals surface area (Å²) in [5.74, 6) is 0.255. The van der Waals surface area contributed by atoms with Crippen molar-refractivity contribution in [2.24, 2.45) is 0 Å². The number of esters is 1. The highest BCUT2D eigenvalue weighted by molar-refractivity contribution is 7.08. The maximum absolute atomic E-state index is 12.9. The zero-order chi connectivity index (χ0) is 19.6. The average Bonchev–Trinajstić information content (AvgIpc) is 3.15. The number of carbonyl (C=O) groups excluding carboxylic acids is 2. The van der Waals surface area contributed by atoms with Gasteiger partial charge in [-0.25, -0.2) is 9.59 Å². The van der Waals surface area contributed by atoms with E-state index in [1.807, 2.05) is 16.8 Å². The topological polar surface area (TPSA) is 67.9 Å². The third-order valence-corrected chi connectivity index (χ3v) is 4.96. The van der Waals surface area contributed by atoms with Crippen LogP contribution in [0.3, 0.4) is 0 Å². The number of anilines is 1. The van der Waals surface area contributed by atoms with E-state index in [2.05, 4.69) is 5.32 Å². The van der Waals surface area contributed by atoms with Gasteiger partial charge < -0.3 is 14.8 Å². The fourth-order valence-corrected chi connectivity index (χ4v) is 3.70. The highest BCUT2D eigenvalue weighted by Crippen LogP contribution is 2.35. The van der Waals surface area contributed by atoms with Crippen molar-refractivity contribution in [1.82, 2.24) is 5.32 Å². The maximum atomic E-state index is 12.9. The summed E-state index contributed by atoms with van der Waals surface area (Å²) < 4.78 is 10.6. The molecule has 1 atom stereocenters. The van der Waals surface area contributed by atoms with Crippen LogP contribution in [0.4, 0.5) is 10.5 Å². The summed E-state index contributed by atoms with van der Waals surface area (Å²) in [6.45, 7) is 5.37. The lowest BCUT2D eigenvalue weighted by atomic mass is 9.96. The molecule has 0 radical (unpaired) electrons. The smallest absolute Gasteiger partial charge is 0.338 e. The van der Waals surface area contributed by atoms with Gasteiger partial charge in [0.1, 0.15) is 5.75 Å². The van der Waals surface area contributed by atoms with Crippen molar-refractivity contribution in [2.45, 2.75) is 32.9 Å². The third-order valence-electron chi connectivity index (χ3n) is 4.25. The molecule has 0 spiro atoms. The highest BCUT2D eigenvalue weighted by Gasteiger charge is 2.37. The SMILES string of the molecule is COc1ccc(N2C(=O)NC(c3ccsc3)C(C(=O)OC(C)C)=C2C)cc1. The van der Waals surface area contributed by atoms with Gasteiger partial charge in [-0.15, -0.1) is 0 Å². The number of nitrogens with one attached hydrogen (secondary N) is 1. The monoisotopic (exact) mass is 386 g/mol. The van der Waals surface area contributed by atoms with Crippen molar-refractivity contribution in [1.29, 1.82) is 0 Å². The number of nitrogens with zero attached hydrogens (tertiary/aromatic N) is 1. The van der Waals surface area contributed by atoms with Gasteiger partial charge >= 0.3 is 12.0 Å². The molecule has 27 heavy (non-hydrogen) atoms. The zero-order valence-corrected chi connectivity index (χ0v) is 16.5. The van der Waals surface area contributed by atoms with E-state index in [1.54, 1.807) is 52.1 Å². The molecule has 0 bridgehead atoms. The van der Waals surface area contributed by atoms with E-state index in [4.69, 9.17) is 9.47 Å². The first-order valence-corrected chi connectivity index (χ1v) is 9.55. The van der Waals surface area contributed by atoms with Crippen molar-refractivity contribution < 1.29 is 19.1 Å². The van der Waals surface area contributed by atoms with Gasteiger partial charge in [-0.2, -0.15) is 11.3 Å². The Balaban J connectivity index is 2.07. The number of urea groups is 1. The molecule has 2 amide bonds. The van der Waals surface area contributed by atoms with Crippen LogP contribution in [0, 0.1) is 0 Å². The van der Waals surface area contributed by atoms with E-state index in [9.17, 15) is 9.59 Å². The first-order valence-electron chi connectivity index (χ1n) is 8.61. The predicted molar refractivity (Wildman–Crippen MR) is 105 cm³/mol. The maximum Gasteiger partial charge on any atom is 0.338 e. The summed E-state index contributed by atoms with van der Waals surface area (Å²) in [6.07, 6.45) is -0.256. The molecule has 1 unspecified atom stereocenters. The van der Waals surface area contributed by atoms with Crippen LogP contribution in [0.1, 0.15) is 32.4 Å². The first kappa shape index (κ1) is 19.0. The van der Waals surface area contributed by atoms with Crippen LogP contribution in [-0.4, -0.2) is 25.2 Å². The molecule has 0 aliphatic carbocycles. The van der Waals surface area contributed by atoms with Gasteiger partial charge in [0.05, 0.1) is 30.5 Å². The van der Waals surface area contributed by atoms with E-state index in [0.717, 1.165) is 5.56 Å². The molecule has 1 aliphatic rings. The normalized spacial score (nSPS) is 17.1. The van der Waals surface area contributed by atoms with Gasteiger partial charge in [0.25, 0.3) is 0 Å². The first-order chi connectivity index (χ1) is 12.9. The Bertz CT molecular complexity index is 857. The second-order valence-corrected chi connectivity index (χ2v) is 7.21. The molecule has 1 aliphatic heterocycles. The van der Waals surface area contributed by atoms with Crippen LogP contribution < -0.4 is 15.0 Å². The number of hydrogen-bond donors (Lipinski definition) is 1. The quantitative estimate of drug-likeness (QED) is 0.780. The fourth-order valence-electron chi connectivity index (χ4n) is 3.02. The van der Waals surface area contributed by atoms with Gasteiger partial charge in [-0.3, -0.25) is 4.90 Å². The van der Waals surface area contributed by atoms with Crippen molar-refractivity contribution >= 4 is 29.0 Å². The Labute approximate surface area is 162 Å². The Morgan fingerprint density at radius 1 is 1.22 bits per heavy atom. The summed E-state index contributed by atoms with van der Waals surface area (Å²) in [5, 5.41) is 6.77. The van der Waals surface area contributed by atoms with Crippen LogP contribution in [0.2, 0.25) is 0 Å². The van der Waals surface area contributed by atoms with Crippen molar-refractivity contribution in [3.63, 3.8) is 0 Å². The van der Waals surface area contributed by atoms with E-state index in [0.29, 0.717) is 22.7 Å². The Morgan fingerprint density at radius 3 is 2.48 bits per heavy atom. The van der Waals surface area contributed by atoms with E-state index >= 15 is 0 Å². The molecular weight excluding hydrogens is 364 g/mol. The molecule has 0 saturated carbocycles. The molecule has 1 aromatic heterocycles. The molecule has 6 nitrogen and oxygen atoms in total. The summed E-state index contributed by atoms with van der Waals surface area (Å²) in [5.41, 5.74) is 2.48. The minimum atomic E-state index is -0.538. The number of methoxy groups -OCH3 is 1. The summed E-state index contributed by atoms with van der Waals surface area (Å²) in [7, 11) is 1.58. The molecule has 0 saturated heterocycles. The summed E-state index contributed by atoms with van der Waals surface area (Å²) in [4.78, 5) is 27.2. The number of ether oxygens (including phenoxy) is 2. The molecule has 0 fully saturated rings. The number of carbonyl (C=O) groups is 2. The zero-order valence-electron chi connectivity index (χ0n) is 15.7. The van der Waals surface area contributed by atoms with Gasteiger partial charge in [-0.1, -0.05) is 0 Å². The van der Waals surface area contributed by atoms with E-state index in [-0.39, 0.29) is 12.1 Å². The number of hydrogen-bond acceptors (Lipinski definition) is 5. The van der Waals surface area contributed by atoms with Crippen molar-refractivity contribution in [2.75, 3.05) is 12.0 Å². The molecule has 2 aromatic rings. The van der Waals surface area contributed by atoms with Crippen LogP contribution in [0.5, 0.6) is 5.75 Å². The lowest BCUT2D eigenvalue weighted by Crippen LogP contribution is -2.48. The molecule has 1 aromatic carbocycles. The molecule has 7 heteroatoms. The van der Waals surface area contributed by atoms with E-state index < -0.39 is 12.0 Å². The highest BCUT2D eigenvalue weighted by atomic mass is 32.1. The number of rotatable bonds is 5. The molecule has 2 heterocycles. The van der Waals surface area contributed by atoms with Gasteiger partial charge in [0.2, 0.25) is 0 Å². The number of thiophene rings is 1. The lowest BCUT2D eigenvalue weighted by Gasteiger charge is -2.35. The van der Waals surface area contributed by atoms with Crippen LogP contribution in [-0.2, 0) is 9.53 Å². The van der Waals surface area contributed by atoms with Gasteiger partial charge in [0.15, 0.2) is 0 Å². The van der Waals surface area contributed by atoms with Gasteiger partial charge in [-0.05, 0) is 67.4 Å².